The molecular weight excluding hydrogens is 257 g/mol. The smallest absolute Gasteiger partial charge is 0.375 e. The molecule has 19 heavy (non-hydrogen) atoms. The summed E-state index contributed by atoms with van der Waals surface area (Å²) in [5, 5.41) is 0. The lowest BCUT2D eigenvalue weighted by Gasteiger charge is -2.26. The molecule has 0 aliphatic carbocycles. The van der Waals surface area contributed by atoms with E-state index in [-0.39, 0.29) is 18.6 Å². The van der Waals surface area contributed by atoms with E-state index in [9.17, 15) is 13.2 Å². The largest absolute Gasteiger partial charge is 0.389 e. The van der Waals surface area contributed by atoms with E-state index in [1.807, 2.05) is 30.3 Å². The monoisotopic (exact) mass is 276 g/mol. The lowest BCUT2D eigenvalue weighted by molar-refractivity contribution is -0.136. The number of halogens is 3. The zero-order valence-electron chi connectivity index (χ0n) is 10.8. The van der Waals surface area contributed by atoms with Crippen molar-refractivity contribution in [3.05, 3.63) is 35.9 Å². The van der Waals surface area contributed by atoms with Crippen molar-refractivity contribution in [3.8, 4) is 0 Å². The minimum Gasteiger partial charge on any atom is -0.375 e. The first-order valence-electron chi connectivity index (χ1n) is 6.08. The first kappa shape index (κ1) is 15.9. The second-order valence-corrected chi connectivity index (χ2v) is 4.35. The fourth-order valence-electron chi connectivity index (χ4n) is 2.02. The van der Waals surface area contributed by atoms with Gasteiger partial charge in [0.1, 0.15) is 0 Å². The van der Waals surface area contributed by atoms with Gasteiger partial charge in [-0.15, -0.1) is 0 Å². The molecule has 2 unspecified atom stereocenters. The fourth-order valence-corrected chi connectivity index (χ4v) is 2.02. The molecule has 0 aromatic heterocycles. The Labute approximate surface area is 110 Å². The van der Waals surface area contributed by atoms with E-state index in [1.165, 1.54) is 7.11 Å². The van der Waals surface area contributed by atoms with Gasteiger partial charge in [0.05, 0.1) is 12.1 Å². The highest BCUT2D eigenvalue weighted by Crippen LogP contribution is 2.27. The summed E-state index contributed by atoms with van der Waals surface area (Å²) < 4.78 is 41.7. The van der Waals surface area contributed by atoms with Gasteiger partial charge in [0.15, 0.2) is 0 Å². The van der Waals surface area contributed by atoms with E-state index < -0.39 is 12.6 Å². The van der Waals surface area contributed by atoms with E-state index in [0.29, 0.717) is 6.42 Å². The Morgan fingerprint density at radius 3 is 2.37 bits per heavy atom. The quantitative estimate of drug-likeness (QED) is 0.594. The van der Waals surface area contributed by atoms with Crippen LogP contribution in [0.25, 0.3) is 0 Å². The van der Waals surface area contributed by atoms with E-state index in [1.54, 1.807) is 0 Å². The van der Waals surface area contributed by atoms with Gasteiger partial charge in [0.25, 0.3) is 0 Å². The third-order valence-corrected chi connectivity index (χ3v) is 2.94. The molecule has 0 bridgehead atoms. The third kappa shape index (κ3) is 5.59. The molecule has 0 fully saturated rings. The Morgan fingerprint density at radius 1 is 1.26 bits per heavy atom. The average Bonchev–Trinajstić information content (AvgIpc) is 2.37. The predicted octanol–water partition coefficient (Wildman–Crippen LogP) is 2.94. The molecule has 0 aliphatic heterocycles. The van der Waals surface area contributed by atoms with Gasteiger partial charge in [0, 0.05) is 13.5 Å². The Bertz CT molecular complexity index is 357. The zero-order valence-corrected chi connectivity index (χ0v) is 10.8. The summed E-state index contributed by atoms with van der Waals surface area (Å²) in [6.07, 6.45) is -4.99. The number of hydrogen-bond donors (Lipinski definition) is 2. The first-order chi connectivity index (χ1) is 8.98. The summed E-state index contributed by atoms with van der Waals surface area (Å²) in [6, 6.07) is 8.94. The Morgan fingerprint density at radius 2 is 1.89 bits per heavy atom. The normalized spacial score (nSPS) is 15.2. The number of nitrogens with one attached hydrogen (secondary N) is 1. The van der Waals surface area contributed by atoms with Crippen molar-refractivity contribution in [3.63, 3.8) is 0 Å². The minimum atomic E-state index is -4.13. The number of methoxy groups -OCH3 is 1. The summed E-state index contributed by atoms with van der Waals surface area (Å²) in [5.41, 5.74) is 3.43. The molecule has 0 saturated carbocycles. The van der Waals surface area contributed by atoms with Crippen LogP contribution in [0.15, 0.2) is 30.3 Å². The van der Waals surface area contributed by atoms with Gasteiger partial charge in [-0.1, -0.05) is 30.3 Å². The van der Waals surface area contributed by atoms with E-state index >= 15 is 0 Å². The molecule has 6 heteroatoms. The van der Waals surface area contributed by atoms with Crippen molar-refractivity contribution in [2.75, 3.05) is 7.11 Å². The standard InChI is InChI=1S/C13H19F3N2O/c1-19-12(10-6-3-2-4-7-10)11(18-17)8-5-9-13(14,15)16/h2-4,6-7,11-12,18H,5,8-9,17H2,1H3. The van der Waals surface area contributed by atoms with Crippen LogP contribution in [-0.4, -0.2) is 19.3 Å². The van der Waals surface area contributed by atoms with Crippen LogP contribution < -0.4 is 11.3 Å². The third-order valence-electron chi connectivity index (χ3n) is 2.94. The second kappa shape index (κ2) is 7.47. The molecule has 1 aromatic rings. The molecule has 0 saturated heterocycles. The molecule has 1 rings (SSSR count). The highest BCUT2D eigenvalue weighted by Gasteiger charge is 2.28. The molecule has 0 radical (unpaired) electrons. The van der Waals surface area contributed by atoms with Crippen LogP contribution >= 0.6 is 0 Å². The molecular formula is C13H19F3N2O. The molecule has 0 amide bonds. The average molecular weight is 276 g/mol. The van der Waals surface area contributed by atoms with Gasteiger partial charge in [-0.3, -0.25) is 11.3 Å². The van der Waals surface area contributed by atoms with Gasteiger partial charge < -0.3 is 4.74 Å². The number of alkyl halides is 3. The van der Waals surface area contributed by atoms with Crippen molar-refractivity contribution < 1.29 is 17.9 Å². The van der Waals surface area contributed by atoms with Gasteiger partial charge in [-0.2, -0.15) is 13.2 Å². The SMILES string of the molecule is COC(c1ccccc1)C(CCCC(F)(F)F)NN. The van der Waals surface area contributed by atoms with Gasteiger partial charge in [-0.25, -0.2) is 0 Å². The highest BCUT2D eigenvalue weighted by atomic mass is 19.4. The Hall–Kier alpha value is -1.11. The Kier molecular flexibility index (Phi) is 6.27. The number of benzene rings is 1. The van der Waals surface area contributed by atoms with Crippen LogP contribution in [0.3, 0.4) is 0 Å². The van der Waals surface area contributed by atoms with Gasteiger partial charge in [0.2, 0.25) is 0 Å². The molecule has 108 valence electrons. The van der Waals surface area contributed by atoms with Gasteiger partial charge in [-0.05, 0) is 18.4 Å². The maximum atomic E-state index is 12.1. The van der Waals surface area contributed by atoms with Crippen LogP contribution in [0.4, 0.5) is 13.2 Å². The van der Waals surface area contributed by atoms with Crippen molar-refractivity contribution >= 4 is 0 Å². The molecule has 0 heterocycles. The lowest BCUT2D eigenvalue weighted by Crippen LogP contribution is -2.40. The molecule has 2 atom stereocenters. The lowest BCUT2D eigenvalue weighted by atomic mass is 9.98. The second-order valence-electron chi connectivity index (χ2n) is 4.35. The maximum absolute atomic E-state index is 12.1. The molecule has 3 nitrogen and oxygen atoms in total. The number of hydrogen-bond acceptors (Lipinski definition) is 3. The summed E-state index contributed by atoms with van der Waals surface area (Å²) in [5.74, 6) is 5.43. The number of hydrazine groups is 1. The summed E-state index contributed by atoms with van der Waals surface area (Å²) >= 11 is 0. The van der Waals surface area contributed by atoms with Crippen LogP contribution in [-0.2, 0) is 4.74 Å². The Balaban J connectivity index is 2.61. The number of nitrogens with two attached hydrogens (primary N) is 1. The van der Waals surface area contributed by atoms with Crippen molar-refractivity contribution in [1.29, 1.82) is 0 Å². The van der Waals surface area contributed by atoms with E-state index in [0.717, 1.165) is 5.56 Å². The van der Waals surface area contributed by atoms with Crippen molar-refractivity contribution in [2.45, 2.75) is 37.6 Å². The topological polar surface area (TPSA) is 47.3 Å². The zero-order chi connectivity index (χ0) is 14.3. The van der Waals surface area contributed by atoms with Crippen molar-refractivity contribution in [2.24, 2.45) is 5.84 Å². The molecule has 3 N–H and O–H groups in total. The van der Waals surface area contributed by atoms with E-state index in [2.05, 4.69) is 5.43 Å². The first-order valence-corrected chi connectivity index (χ1v) is 6.08. The molecule has 1 aromatic carbocycles. The predicted molar refractivity (Wildman–Crippen MR) is 67.2 cm³/mol. The van der Waals surface area contributed by atoms with Crippen LogP contribution in [0.2, 0.25) is 0 Å². The van der Waals surface area contributed by atoms with Crippen LogP contribution in [0.1, 0.15) is 30.9 Å². The summed E-state index contributed by atoms with van der Waals surface area (Å²) in [6.45, 7) is 0. The fraction of sp³-hybridized carbons (Fsp3) is 0.538. The van der Waals surface area contributed by atoms with Crippen LogP contribution in [0.5, 0.6) is 0 Å². The minimum absolute atomic E-state index is 0.0189. The molecule has 0 spiro atoms. The maximum Gasteiger partial charge on any atom is 0.389 e. The van der Waals surface area contributed by atoms with Crippen LogP contribution in [0, 0.1) is 0 Å². The van der Waals surface area contributed by atoms with E-state index in [4.69, 9.17) is 10.6 Å². The number of rotatable bonds is 7. The van der Waals surface area contributed by atoms with Gasteiger partial charge >= 0.3 is 6.18 Å². The van der Waals surface area contributed by atoms with Crippen molar-refractivity contribution in [1.82, 2.24) is 5.43 Å². The highest BCUT2D eigenvalue weighted by molar-refractivity contribution is 5.19. The summed E-state index contributed by atoms with van der Waals surface area (Å²) in [4.78, 5) is 0. The molecule has 0 aliphatic rings. The number of ether oxygens (including phenoxy) is 1. The summed E-state index contributed by atoms with van der Waals surface area (Å²) in [7, 11) is 1.52.